The number of esters is 4. The van der Waals surface area contributed by atoms with Gasteiger partial charge in [-0.15, -0.1) is 0 Å². The molecular formula is C28H38O10. The smallest absolute Gasteiger partial charge is 0.303 e. The minimum Gasteiger partial charge on any atom is -0.462 e. The maximum absolute atomic E-state index is 14.4. The molecule has 4 rings (SSSR count). The van der Waals surface area contributed by atoms with Crippen LogP contribution in [-0.4, -0.2) is 64.8 Å². The highest BCUT2D eigenvalue weighted by Crippen LogP contribution is 2.73. The van der Waals surface area contributed by atoms with Gasteiger partial charge >= 0.3 is 23.9 Å². The SMILES string of the molecule is C=C1C(=O)C23C(C(OC(C)=O)C[C@]1(O)C2OC(C)=O)[C@]1(C)C(OC(C)=O)CCC(C)(C)C1C[C@H]3OC(C)=O. The van der Waals surface area contributed by atoms with Gasteiger partial charge in [0.05, 0.1) is 0 Å². The van der Waals surface area contributed by atoms with Gasteiger partial charge in [0.2, 0.25) is 0 Å². The van der Waals surface area contributed by atoms with Crippen LogP contribution in [0.25, 0.3) is 0 Å². The first-order valence-electron chi connectivity index (χ1n) is 13.1. The maximum atomic E-state index is 14.4. The predicted octanol–water partition coefficient (Wildman–Crippen LogP) is 2.44. The first-order valence-corrected chi connectivity index (χ1v) is 13.1. The first kappa shape index (κ1) is 28.3. The number of ether oxygens (including phenoxy) is 4. The third-order valence-electron chi connectivity index (χ3n) is 9.77. The van der Waals surface area contributed by atoms with Crippen LogP contribution in [0.15, 0.2) is 12.2 Å². The van der Waals surface area contributed by atoms with Gasteiger partial charge in [-0.25, -0.2) is 0 Å². The van der Waals surface area contributed by atoms with Crippen LogP contribution in [0.2, 0.25) is 0 Å². The van der Waals surface area contributed by atoms with E-state index >= 15 is 0 Å². The normalized spacial score (nSPS) is 42.8. The molecule has 4 aliphatic rings. The second kappa shape index (κ2) is 8.89. The summed E-state index contributed by atoms with van der Waals surface area (Å²) in [4.78, 5) is 63.9. The Morgan fingerprint density at radius 3 is 1.92 bits per heavy atom. The van der Waals surface area contributed by atoms with E-state index in [4.69, 9.17) is 18.9 Å². The summed E-state index contributed by atoms with van der Waals surface area (Å²) in [7, 11) is 0. The molecule has 38 heavy (non-hydrogen) atoms. The average molecular weight is 535 g/mol. The molecule has 0 aromatic heterocycles. The zero-order chi connectivity index (χ0) is 28.6. The lowest BCUT2D eigenvalue weighted by Crippen LogP contribution is -2.76. The standard InChI is InChI=1S/C28H38O10/c1-13-23(33)28-21(37-16(4)31)11-19-25(6,7)10-9-20(36-15(3)30)26(19,8)22(28)18(35-14(2)29)12-27(13,34)24(28)38-17(5)32/h18-22,24,34H,1,9-12H2,2-8H3/t18?,19?,20?,21-,22?,24?,26+,27-,28?/m1/s1. The number of carbonyl (C=O) groups is 5. The second-order valence-electron chi connectivity index (χ2n) is 12.4. The molecule has 9 atom stereocenters. The maximum Gasteiger partial charge on any atom is 0.303 e. The summed E-state index contributed by atoms with van der Waals surface area (Å²) < 4.78 is 23.3. The third kappa shape index (κ3) is 3.73. The molecule has 0 radical (unpaired) electrons. The topological polar surface area (TPSA) is 143 Å². The zero-order valence-corrected chi connectivity index (χ0v) is 23.1. The van der Waals surface area contributed by atoms with E-state index in [-0.39, 0.29) is 29.7 Å². The van der Waals surface area contributed by atoms with E-state index in [1.807, 2.05) is 6.92 Å². The van der Waals surface area contributed by atoms with Crippen molar-refractivity contribution in [1.82, 2.24) is 0 Å². The Kier molecular flexibility index (Phi) is 6.61. The number of hydrogen-bond donors (Lipinski definition) is 1. The Hall–Kier alpha value is -2.75. The molecule has 10 nitrogen and oxygen atoms in total. The Labute approximate surface area is 222 Å². The summed E-state index contributed by atoms with van der Waals surface area (Å²) in [5.41, 5.74) is -5.41. The Morgan fingerprint density at radius 2 is 1.39 bits per heavy atom. The molecule has 0 saturated heterocycles. The van der Waals surface area contributed by atoms with E-state index in [9.17, 15) is 29.1 Å². The molecule has 1 spiro atoms. The predicted molar refractivity (Wildman–Crippen MR) is 131 cm³/mol. The van der Waals surface area contributed by atoms with E-state index in [0.717, 1.165) is 0 Å². The molecule has 0 aliphatic heterocycles. The van der Waals surface area contributed by atoms with Gasteiger partial charge in [-0.2, -0.15) is 0 Å². The van der Waals surface area contributed by atoms with Crippen LogP contribution in [0.4, 0.5) is 0 Å². The average Bonchev–Trinajstić information content (AvgIpc) is 2.85. The number of rotatable bonds is 4. The Bertz CT molecular complexity index is 1110. The molecule has 4 aliphatic carbocycles. The fourth-order valence-electron chi connectivity index (χ4n) is 8.70. The fourth-order valence-corrected chi connectivity index (χ4v) is 8.70. The van der Waals surface area contributed by atoms with Gasteiger partial charge < -0.3 is 24.1 Å². The molecule has 4 saturated carbocycles. The van der Waals surface area contributed by atoms with Gasteiger partial charge in [-0.3, -0.25) is 24.0 Å². The van der Waals surface area contributed by atoms with Crippen molar-refractivity contribution in [3.05, 3.63) is 12.2 Å². The number of aliphatic hydroxyl groups is 1. The summed E-state index contributed by atoms with van der Waals surface area (Å²) in [5, 5.41) is 11.9. The van der Waals surface area contributed by atoms with Crippen molar-refractivity contribution in [2.24, 2.45) is 28.1 Å². The monoisotopic (exact) mass is 534 g/mol. The first-order chi connectivity index (χ1) is 17.4. The molecule has 10 heteroatoms. The van der Waals surface area contributed by atoms with Gasteiger partial charge in [0.15, 0.2) is 11.9 Å². The van der Waals surface area contributed by atoms with E-state index in [0.29, 0.717) is 12.8 Å². The molecule has 0 heterocycles. The Balaban J connectivity index is 2.09. The lowest BCUT2D eigenvalue weighted by atomic mass is 9.38. The summed E-state index contributed by atoms with van der Waals surface area (Å²) in [5.74, 6) is -4.34. The molecule has 2 bridgehead atoms. The molecule has 0 aromatic carbocycles. The molecule has 4 fully saturated rings. The van der Waals surface area contributed by atoms with Crippen LogP contribution >= 0.6 is 0 Å². The minimum absolute atomic E-state index is 0.178. The van der Waals surface area contributed by atoms with Gasteiger partial charge in [-0.1, -0.05) is 27.4 Å². The molecule has 1 N–H and O–H groups in total. The second-order valence-corrected chi connectivity index (χ2v) is 12.4. The van der Waals surface area contributed by atoms with Crippen LogP contribution in [-0.2, 0) is 42.9 Å². The highest BCUT2D eigenvalue weighted by molar-refractivity contribution is 6.07. The van der Waals surface area contributed by atoms with Gasteiger partial charge in [0.1, 0.15) is 29.3 Å². The van der Waals surface area contributed by atoms with Crippen LogP contribution < -0.4 is 0 Å². The fraction of sp³-hybridized carbons (Fsp3) is 0.750. The number of ketones is 1. The molecular weight excluding hydrogens is 496 g/mol. The van der Waals surface area contributed by atoms with Crippen LogP contribution in [0.3, 0.4) is 0 Å². The van der Waals surface area contributed by atoms with E-state index in [1.54, 1.807) is 0 Å². The van der Waals surface area contributed by atoms with Gasteiger partial charge in [0.25, 0.3) is 0 Å². The third-order valence-corrected chi connectivity index (χ3v) is 9.77. The van der Waals surface area contributed by atoms with Crippen LogP contribution in [0.1, 0.15) is 74.1 Å². The quantitative estimate of drug-likeness (QED) is 0.325. The van der Waals surface area contributed by atoms with Crippen molar-refractivity contribution in [2.45, 2.75) is 104 Å². The van der Waals surface area contributed by atoms with E-state index in [1.165, 1.54) is 27.7 Å². The highest BCUT2D eigenvalue weighted by atomic mass is 16.6. The Morgan fingerprint density at radius 1 is 0.868 bits per heavy atom. The largest absolute Gasteiger partial charge is 0.462 e. The number of carbonyl (C=O) groups excluding carboxylic acids is 5. The highest BCUT2D eigenvalue weighted by Gasteiger charge is 2.84. The molecule has 0 aromatic rings. The zero-order valence-electron chi connectivity index (χ0n) is 23.1. The van der Waals surface area contributed by atoms with Crippen molar-refractivity contribution in [1.29, 1.82) is 0 Å². The van der Waals surface area contributed by atoms with Crippen molar-refractivity contribution in [3.63, 3.8) is 0 Å². The van der Waals surface area contributed by atoms with E-state index < -0.39 is 76.4 Å². The summed E-state index contributed by atoms with van der Waals surface area (Å²) in [6.45, 7) is 14.9. The van der Waals surface area contributed by atoms with E-state index in [2.05, 4.69) is 20.4 Å². The van der Waals surface area contributed by atoms with Crippen LogP contribution in [0, 0.1) is 28.1 Å². The molecule has 0 amide bonds. The van der Waals surface area contributed by atoms with Crippen molar-refractivity contribution in [2.75, 3.05) is 0 Å². The summed E-state index contributed by atoms with van der Waals surface area (Å²) >= 11 is 0. The molecule has 210 valence electrons. The lowest BCUT2D eigenvalue weighted by Gasteiger charge is -2.68. The number of hydrogen-bond acceptors (Lipinski definition) is 10. The van der Waals surface area contributed by atoms with Gasteiger partial charge in [0, 0.05) is 51.0 Å². The lowest BCUT2D eigenvalue weighted by molar-refractivity contribution is -0.298. The van der Waals surface area contributed by atoms with Crippen molar-refractivity contribution >= 4 is 29.7 Å². The molecule has 6 unspecified atom stereocenters. The summed E-state index contributed by atoms with van der Waals surface area (Å²) in [6.07, 6.45) is -3.22. The van der Waals surface area contributed by atoms with Gasteiger partial charge in [-0.05, 0) is 30.6 Å². The summed E-state index contributed by atoms with van der Waals surface area (Å²) in [6, 6.07) is 0. The van der Waals surface area contributed by atoms with Crippen molar-refractivity contribution < 1.29 is 48.0 Å². The number of fused-ring (bicyclic) bond motifs is 3. The number of Topliss-reactive ketones (excluding diaryl/α,β-unsaturated/α-hetero) is 1. The van der Waals surface area contributed by atoms with Crippen LogP contribution in [0.5, 0.6) is 0 Å². The minimum atomic E-state index is -2.05. The van der Waals surface area contributed by atoms with Crippen molar-refractivity contribution in [3.8, 4) is 0 Å².